The van der Waals surface area contributed by atoms with Crippen molar-refractivity contribution in [2.75, 3.05) is 0 Å². The maximum Gasteiger partial charge on any atom is 0.303 e. The normalized spacial score (nSPS) is 18.5. The third kappa shape index (κ3) is 6.74. The van der Waals surface area contributed by atoms with Crippen LogP contribution >= 0.6 is 0 Å². The van der Waals surface area contributed by atoms with Crippen LogP contribution in [-0.2, 0) is 9.59 Å². The zero-order valence-electron chi connectivity index (χ0n) is 17.8. The molecular weight excluding hydrogens is 388 g/mol. The van der Waals surface area contributed by atoms with E-state index in [2.05, 4.69) is 0 Å². The number of aliphatic carboxylic acids is 1. The summed E-state index contributed by atoms with van der Waals surface area (Å²) in [5.41, 5.74) is 2.84. The van der Waals surface area contributed by atoms with Gasteiger partial charge in [0.05, 0.1) is 0 Å². The third-order valence-electron chi connectivity index (χ3n) is 6.08. The van der Waals surface area contributed by atoms with Crippen molar-refractivity contribution in [2.24, 2.45) is 11.8 Å². The van der Waals surface area contributed by atoms with Gasteiger partial charge in [-0.2, -0.15) is 0 Å². The monoisotopic (exact) mass is 418 g/mol. The summed E-state index contributed by atoms with van der Waals surface area (Å²) in [7, 11) is 0. The number of ketones is 2. The number of hydrogen-bond acceptors (Lipinski definition) is 3. The molecule has 4 nitrogen and oxygen atoms in total. The molecule has 3 rings (SSSR count). The Bertz CT molecular complexity index is 912. The van der Waals surface area contributed by atoms with Crippen molar-refractivity contribution in [3.63, 3.8) is 0 Å². The lowest BCUT2D eigenvalue weighted by molar-refractivity contribution is -0.137. The van der Waals surface area contributed by atoms with Gasteiger partial charge in [0.25, 0.3) is 0 Å². The highest BCUT2D eigenvalue weighted by Crippen LogP contribution is 2.34. The molecule has 0 bridgehead atoms. The molecule has 1 fully saturated rings. The molecule has 0 aromatic heterocycles. The lowest BCUT2D eigenvalue weighted by atomic mass is 9.89. The Hall–Kier alpha value is -3.01. The standard InChI is InChI=1S/C27H30O4/c28-25(23-14-12-21(13-15-23)20-8-4-3-5-9-20)18-16-22-17-19-26(29)24(22)10-6-1-2-7-11-27(30)31/h3-5,8-9,12-16,18,22,24H,1-2,6-7,10-11,17,19H2,(H,30,31)/b18-16+. The Morgan fingerprint density at radius 2 is 1.58 bits per heavy atom. The van der Waals surface area contributed by atoms with E-state index in [1.165, 1.54) is 0 Å². The van der Waals surface area contributed by atoms with Gasteiger partial charge >= 0.3 is 5.97 Å². The highest BCUT2D eigenvalue weighted by molar-refractivity contribution is 6.04. The number of rotatable bonds is 11. The smallest absolute Gasteiger partial charge is 0.303 e. The van der Waals surface area contributed by atoms with Crippen LogP contribution in [0.25, 0.3) is 11.1 Å². The largest absolute Gasteiger partial charge is 0.481 e. The van der Waals surface area contributed by atoms with Gasteiger partial charge in [-0.15, -0.1) is 0 Å². The zero-order valence-corrected chi connectivity index (χ0v) is 17.8. The van der Waals surface area contributed by atoms with E-state index in [-0.39, 0.29) is 24.0 Å². The summed E-state index contributed by atoms with van der Waals surface area (Å²) in [6, 6.07) is 17.7. The van der Waals surface area contributed by atoms with Crippen LogP contribution < -0.4 is 0 Å². The van der Waals surface area contributed by atoms with Gasteiger partial charge in [-0.3, -0.25) is 14.4 Å². The number of Topliss-reactive ketones (excluding diaryl/α,β-unsaturated/α-hetero) is 1. The van der Waals surface area contributed by atoms with Gasteiger partial charge in [-0.1, -0.05) is 79.9 Å². The predicted octanol–water partition coefficient (Wildman–Crippen LogP) is 6.11. The summed E-state index contributed by atoms with van der Waals surface area (Å²) in [6.45, 7) is 0. The van der Waals surface area contributed by atoms with E-state index < -0.39 is 5.97 Å². The van der Waals surface area contributed by atoms with Gasteiger partial charge in [0.15, 0.2) is 5.78 Å². The first-order valence-corrected chi connectivity index (χ1v) is 11.2. The Balaban J connectivity index is 1.51. The molecule has 0 aliphatic heterocycles. The van der Waals surface area contributed by atoms with Crippen LogP contribution in [0.2, 0.25) is 0 Å². The highest BCUT2D eigenvalue weighted by Gasteiger charge is 2.32. The van der Waals surface area contributed by atoms with Crippen molar-refractivity contribution in [1.82, 2.24) is 0 Å². The van der Waals surface area contributed by atoms with E-state index in [1.807, 2.05) is 60.7 Å². The van der Waals surface area contributed by atoms with Crippen LogP contribution in [0.5, 0.6) is 0 Å². The third-order valence-corrected chi connectivity index (χ3v) is 6.08. The molecule has 4 heteroatoms. The summed E-state index contributed by atoms with van der Waals surface area (Å²) in [5, 5.41) is 8.68. The SMILES string of the molecule is O=C(O)CCCCCCC1C(=O)CCC1/C=C/C(=O)c1ccc(-c2ccccc2)cc1. The number of carboxylic acid groups (broad SMARTS) is 1. The van der Waals surface area contributed by atoms with Crippen molar-refractivity contribution in [3.05, 3.63) is 72.3 Å². The first-order chi connectivity index (χ1) is 15.0. The minimum Gasteiger partial charge on any atom is -0.481 e. The molecule has 1 saturated carbocycles. The molecule has 0 amide bonds. The Morgan fingerprint density at radius 3 is 2.29 bits per heavy atom. The average Bonchev–Trinajstić information content (AvgIpc) is 3.14. The molecule has 0 saturated heterocycles. The van der Waals surface area contributed by atoms with Crippen LogP contribution in [0, 0.1) is 11.8 Å². The van der Waals surface area contributed by atoms with Crippen LogP contribution in [-0.4, -0.2) is 22.6 Å². The maximum absolute atomic E-state index is 12.6. The zero-order chi connectivity index (χ0) is 22.1. The van der Waals surface area contributed by atoms with Gasteiger partial charge in [-0.25, -0.2) is 0 Å². The first-order valence-electron chi connectivity index (χ1n) is 11.2. The number of carboxylic acids is 1. The van der Waals surface area contributed by atoms with Crippen LogP contribution in [0.4, 0.5) is 0 Å². The predicted molar refractivity (Wildman–Crippen MR) is 122 cm³/mol. The van der Waals surface area contributed by atoms with E-state index in [9.17, 15) is 14.4 Å². The molecule has 0 radical (unpaired) electrons. The van der Waals surface area contributed by atoms with Gasteiger partial charge in [0, 0.05) is 24.3 Å². The molecule has 0 heterocycles. The Kier molecular flexibility index (Phi) is 8.34. The van der Waals surface area contributed by atoms with E-state index in [1.54, 1.807) is 6.08 Å². The number of allylic oxidation sites excluding steroid dienone is 2. The molecule has 1 aliphatic carbocycles. The van der Waals surface area contributed by atoms with E-state index >= 15 is 0 Å². The molecule has 2 aromatic carbocycles. The van der Waals surface area contributed by atoms with Gasteiger partial charge < -0.3 is 5.11 Å². The van der Waals surface area contributed by atoms with E-state index in [4.69, 9.17) is 5.11 Å². The number of carbonyl (C=O) groups excluding carboxylic acids is 2. The van der Waals surface area contributed by atoms with Crippen LogP contribution in [0.1, 0.15) is 61.7 Å². The second kappa shape index (κ2) is 11.4. The molecule has 162 valence electrons. The number of carbonyl (C=O) groups is 3. The summed E-state index contributed by atoms with van der Waals surface area (Å²) < 4.78 is 0. The van der Waals surface area contributed by atoms with Gasteiger partial charge in [0.2, 0.25) is 0 Å². The molecule has 2 unspecified atom stereocenters. The van der Waals surface area contributed by atoms with Crippen molar-refractivity contribution in [1.29, 1.82) is 0 Å². The quantitative estimate of drug-likeness (QED) is 0.271. The number of benzene rings is 2. The molecule has 0 spiro atoms. The summed E-state index contributed by atoms with van der Waals surface area (Å²) in [6.07, 6.45) is 9.41. The maximum atomic E-state index is 12.6. The fraction of sp³-hybridized carbons (Fsp3) is 0.370. The minimum absolute atomic E-state index is 0.0102. The topological polar surface area (TPSA) is 71.4 Å². The van der Waals surface area contributed by atoms with Crippen LogP contribution in [0.15, 0.2) is 66.7 Å². The van der Waals surface area contributed by atoms with E-state index in [0.29, 0.717) is 24.2 Å². The first kappa shape index (κ1) is 22.7. The molecular formula is C27H30O4. The van der Waals surface area contributed by atoms with E-state index in [0.717, 1.165) is 43.2 Å². The van der Waals surface area contributed by atoms with Gasteiger partial charge in [-0.05, 0) is 42.4 Å². The van der Waals surface area contributed by atoms with Crippen molar-refractivity contribution in [2.45, 2.75) is 51.4 Å². The summed E-state index contributed by atoms with van der Waals surface area (Å²) >= 11 is 0. The number of unbranched alkanes of at least 4 members (excludes halogenated alkanes) is 3. The fourth-order valence-electron chi connectivity index (χ4n) is 4.30. The lowest BCUT2D eigenvalue weighted by Crippen LogP contribution is -2.13. The van der Waals surface area contributed by atoms with Crippen molar-refractivity contribution < 1.29 is 19.5 Å². The fourth-order valence-corrected chi connectivity index (χ4v) is 4.30. The lowest BCUT2D eigenvalue weighted by Gasteiger charge is -2.14. The van der Waals surface area contributed by atoms with Crippen molar-refractivity contribution in [3.8, 4) is 11.1 Å². The average molecular weight is 419 g/mol. The second-order valence-corrected chi connectivity index (χ2v) is 8.29. The number of hydrogen-bond donors (Lipinski definition) is 1. The minimum atomic E-state index is -0.754. The molecule has 1 N–H and O–H groups in total. The summed E-state index contributed by atoms with van der Waals surface area (Å²) in [4.78, 5) is 35.4. The Morgan fingerprint density at radius 1 is 0.903 bits per heavy atom. The summed E-state index contributed by atoms with van der Waals surface area (Å²) in [5.74, 6) is -0.384. The molecule has 31 heavy (non-hydrogen) atoms. The highest BCUT2D eigenvalue weighted by atomic mass is 16.4. The van der Waals surface area contributed by atoms with Crippen LogP contribution in [0.3, 0.4) is 0 Å². The Labute approximate surface area is 184 Å². The van der Waals surface area contributed by atoms with Gasteiger partial charge in [0.1, 0.15) is 5.78 Å². The molecule has 2 aromatic rings. The van der Waals surface area contributed by atoms with Crippen molar-refractivity contribution >= 4 is 17.5 Å². The molecule has 2 atom stereocenters. The molecule has 1 aliphatic rings. The second-order valence-electron chi connectivity index (χ2n) is 8.29.